The lowest BCUT2D eigenvalue weighted by atomic mass is 10.1. The standard InChI is InChI=1S/C20H19ClN2O4S/c1-12(2)23-18(13(3)22-20(25)14-8-4-6-10-16(14)21)19(24)15-9-5-7-11-17(15)28(23,26)27/h4-12H,1-3H3,(H,22,25). The van der Waals surface area contributed by atoms with Gasteiger partial charge < -0.3 is 5.32 Å². The molecule has 0 aliphatic carbocycles. The van der Waals surface area contributed by atoms with Crippen molar-refractivity contribution in [3.8, 4) is 0 Å². The van der Waals surface area contributed by atoms with Crippen LogP contribution in [-0.2, 0) is 10.0 Å². The van der Waals surface area contributed by atoms with Gasteiger partial charge in [0, 0.05) is 17.3 Å². The molecule has 146 valence electrons. The minimum Gasteiger partial charge on any atom is -0.324 e. The third-order valence-corrected chi connectivity index (χ3v) is 6.71. The summed E-state index contributed by atoms with van der Waals surface area (Å²) in [5, 5.41) is 2.88. The Morgan fingerprint density at radius 3 is 2.32 bits per heavy atom. The Labute approximate surface area is 168 Å². The van der Waals surface area contributed by atoms with E-state index in [4.69, 9.17) is 11.6 Å². The summed E-state index contributed by atoms with van der Waals surface area (Å²) in [6, 6.07) is 12.0. The van der Waals surface area contributed by atoms with Gasteiger partial charge in [0.15, 0.2) is 0 Å². The number of nitrogens with zero attached hydrogens (tertiary/aromatic N) is 1. The minimum absolute atomic E-state index is 0.0392. The Hall–Kier alpha value is -2.64. The zero-order valence-corrected chi connectivity index (χ0v) is 17.1. The number of hydrogen-bond acceptors (Lipinski definition) is 4. The average molecular weight is 419 g/mol. The molecule has 6 nitrogen and oxygen atoms in total. The summed E-state index contributed by atoms with van der Waals surface area (Å²) in [5.41, 5.74) is 0.378. The van der Waals surface area contributed by atoms with Gasteiger partial charge in [-0.1, -0.05) is 35.9 Å². The molecule has 0 aromatic heterocycles. The lowest BCUT2D eigenvalue weighted by molar-refractivity contribution is 0.0961. The molecular formula is C20H19ClN2O4S. The lowest BCUT2D eigenvalue weighted by Crippen LogP contribution is -2.45. The molecule has 0 saturated carbocycles. The molecule has 1 N–H and O–H groups in total. The second-order valence-electron chi connectivity index (χ2n) is 6.63. The monoisotopic (exact) mass is 418 g/mol. The van der Waals surface area contributed by atoms with Crippen LogP contribution in [0.2, 0.25) is 5.02 Å². The van der Waals surface area contributed by atoms with Crippen molar-refractivity contribution in [1.29, 1.82) is 0 Å². The first-order chi connectivity index (χ1) is 13.2. The smallest absolute Gasteiger partial charge is 0.265 e. The molecule has 8 heteroatoms. The maximum atomic E-state index is 13.1. The van der Waals surface area contributed by atoms with E-state index in [2.05, 4.69) is 5.32 Å². The highest BCUT2D eigenvalue weighted by Crippen LogP contribution is 2.34. The molecule has 0 unspecified atom stereocenters. The maximum absolute atomic E-state index is 13.1. The van der Waals surface area contributed by atoms with E-state index in [1.807, 2.05) is 0 Å². The van der Waals surface area contributed by atoms with Gasteiger partial charge in [0.1, 0.15) is 5.70 Å². The number of nitrogens with one attached hydrogen (secondary N) is 1. The molecule has 3 rings (SSSR count). The van der Waals surface area contributed by atoms with Crippen LogP contribution >= 0.6 is 11.6 Å². The number of carbonyl (C=O) groups excluding carboxylic acids is 2. The molecule has 0 bridgehead atoms. The molecule has 1 aliphatic heterocycles. The van der Waals surface area contributed by atoms with Gasteiger partial charge >= 0.3 is 0 Å². The summed E-state index contributed by atoms with van der Waals surface area (Å²) < 4.78 is 27.3. The van der Waals surface area contributed by atoms with Crippen LogP contribution < -0.4 is 5.32 Å². The predicted octanol–water partition coefficient (Wildman–Crippen LogP) is 3.60. The van der Waals surface area contributed by atoms with Crippen molar-refractivity contribution in [2.24, 2.45) is 0 Å². The fourth-order valence-electron chi connectivity index (χ4n) is 3.15. The van der Waals surface area contributed by atoms with Crippen molar-refractivity contribution in [2.45, 2.75) is 31.7 Å². The first kappa shape index (κ1) is 20.1. The molecule has 0 spiro atoms. The lowest BCUT2D eigenvalue weighted by Gasteiger charge is -2.35. The number of hydrogen-bond donors (Lipinski definition) is 1. The quantitative estimate of drug-likeness (QED) is 0.772. The molecule has 1 amide bonds. The Morgan fingerprint density at radius 1 is 1.07 bits per heavy atom. The van der Waals surface area contributed by atoms with Gasteiger partial charge in [0.2, 0.25) is 5.78 Å². The van der Waals surface area contributed by atoms with Crippen molar-refractivity contribution in [3.63, 3.8) is 0 Å². The third-order valence-electron chi connectivity index (χ3n) is 4.35. The number of allylic oxidation sites excluding steroid dienone is 2. The van der Waals surface area contributed by atoms with Gasteiger partial charge in [0.05, 0.1) is 15.5 Å². The minimum atomic E-state index is -3.94. The topological polar surface area (TPSA) is 83.5 Å². The molecule has 0 saturated heterocycles. The van der Waals surface area contributed by atoms with Crippen LogP contribution in [0.3, 0.4) is 0 Å². The van der Waals surface area contributed by atoms with Crippen molar-refractivity contribution < 1.29 is 18.0 Å². The summed E-state index contributed by atoms with van der Waals surface area (Å²) in [6.45, 7) is 4.84. The number of sulfonamides is 1. The highest BCUT2D eigenvalue weighted by atomic mass is 35.5. The van der Waals surface area contributed by atoms with Crippen molar-refractivity contribution in [2.75, 3.05) is 0 Å². The number of benzene rings is 2. The van der Waals surface area contributed by atoms with Gasteiger partial charge in [0.25, 0.3) is 15.9 Å². The first-order valence-electron chi connectivity index (χ1n) is 8.61. The first-order valence-corrected chi connectivity index (χ1v) is 10.4. The molecule has 2 aromatic carbocycles. The van der Waals surface area contributed by atoms with E-state index in [0.717, 1.165) is 4.31 Å². The summed E-state index contributed by atoms with van der Waals surface area (Å²) in [5.74, 6) is -0.987. The Bertz CT molecular complexity index is 1110. The number of fused-ring (bicyclic) bond motifs is 1. The molecule has 1 heterocycles. The van der Waals surface area contributed by atoms with Gasteiger partial charge in [-0.3, -0.25) is 13.9 Å². The summed E-state index contributed by atoms with van der Waals surface area (Å²) >= 11 is 6.06. The second kappa shape index (κ2) is 7.41. The van der Waals surface area contributed by atoms with Gasteiger partial charge in [-0.25, -0.2) is 8.42 Å². The SMILES string of the molecule is CC(NC(=O)c1ccccc1Cl)=C1C(=O)c2ccccc2S(=O)(=O)N1C(C)C. The fraction of sp³-hybridized carbons (Fsp3) is 0.200. The number of amides is 1. The molecule has 2 aromatic rings. The molecule has 0 atom stereocenters. The van der Waals surface area contributed by atoms with Crippen LogP contribution in [0.1, 0.15) is 41.5 Å². The second-order valence-corrected chi connectivity index (χ2v) is 8.82. The fourth-order valence-corrected chi connectivity index (χ4v) is 5.28. The number of rotatable bonds is 3. The van der Waals surface area contributed by atoms with Gasteiger partial charge in [-0.05, 0) is 45.0 Å². The van der Waals surface area contributed by atoms with Crippen LogP contribution in [0.5, 0.6) is 0 Å². The molecule has 0 fully saturated rings. The molecule has 1 aliphatic rings. The molecule has 28 heavy (non-hydrogen) atoms. The highest BCUT2D eigenvalue weighted by molar-refractivity contribution is 7.89. The predicted molar refractivity (Wildman–Crippen MR) is 107 cm³/mol. The van der Waals surface area contributed by atoms with Crippen LogP contribution in [0, 0.1) is 0 Å². The number of halogens is 1. The number of Topliss-reactive ketones (excluding diaryl/α,β-unsaturated/α-hetero) is 1. The van der Waals surface area contributed by atoms with E-state index >= 15 is 0 Å². The van der Waals surface area contributed by atoms with E-state index in [1.54, 1.807) is 50.2 Å². The van der Waals surface area contributed by atoms with E-state index in [-0.39, 0.29) is 32.4 Å². The van der Waals surface area contributed by atoms with E-state index in [0.29, 0.717) is 0 Å². The van der Waals surface area contributed by atoms with E-state index < -0.39 is 27.8 Å². The van der Waals surface area contributed by atoms with Crippen molar-refractivity contribution >= 4 is 33.3 Å². The molecular weight excluding hydrogens is 400 g/mol. The zero-order valence-electron chi connectivity index (χ0n) is 15.6. The summed E-state index contributed by atoms with van der Waals surface area (Å²) in [4.78, 5) is 25.7. The van der Waals surface area contributed by atoms with Gasteiger partial charge in [-0.2, -0.15) is 0 Å². The van der Waals surface area contributed by atoms with Crippen molar-refractivity contribution in [1.82, 2.24) is 9.62 Å². The maximum Gasteiger partial charge on any atom is 0.265 e. The zero-order chi connectivity index (χ0) is 20.6. The van der Waals surface area contributed by atoms with Crippen LogP contribution in [0.4, 0.5) is 0 Å². The average Bonchev–Trinajstić information content (AvgIpc) is 2.64. The summed E-state index contributed by atoms with van der Waals surface area (Å²) in [6.07, 6.45) is 0. The highest BCUT2D eigenvalue weighted by Gasteiger charge is 2.41. The Balaban J connectivity index is 2.14. The Morgan fingerprint density at radius 2 is 1.68 bits per heavy atom. The van der Waals surface area contributed by atoms with Crippen LogP contribution in [0.15, 0.2) is 64.8 Å². The Kier molecular flexibility index (Phi) is 5.32. The largest absolute Gasteiger partial charge is 0.324 e. The normalized spacial score (nSPS) is 17.3. The molecule has 0 radical (unpaired) electrons. The van der Waals surface area contributed by atoms with Crippen molar-refractivity contribution in [3.05, 3.63) is 76.1 Å². The van der Waals surface area contributed by atoms with E-state index in [9.17, 15) is 18.0 Å². The van der Waals surface area contributed by atoms with Crippen LogP contribution in [-0.4, -0.2) is 30.5 Å². The number of carbonyl (C=O) groups is 2. The third kappa shape index (κ3) is 3.31. The van der Waals surface area contributed by atoms with Crippen LogP contribution in [0.25, 0.3) is 0 Å². The summed E-state index contributed by atoms with van der Waals surface area (Å²) in [7, 11) is -3.94. The number of ketones is 1. The van der Waals surface area contributed by atoms with Gasteiger partial charge in [-0.15, -0.1) is 0 Å². The van der Waals surface area contributed by atoms with E-state index in [1.165, 1.54) is 19.1 Å².